The Morgan fingerprint density at radius 3 is 2.48 bits per heavy atom. The second-order valence-corrected chi connectivity index (χ2v) is 5.97. The Labute approximate surface area is 133 Å². The molecule has 21 heavy (non-hydrogen) atoms. The highest BCUT2D eigenvalue weighted by atomic mass is 35.5. The molecule has 0 spiro atoms. The Hall–Kier alpha value is -1.66. The summed E-state index contributed by atoms with van der Waals surface area (Å²) in [5.41, 5.74) is 0.557. The molecule has 1 amide bonds. The minimum atomic E-state index is -0.230. The molecule has 2 rings (SSSR count). The highest BCUT2D eigenvalue weighted by Gasteiger charge is 2.23. The molecule has 112 valence electrons. The van der Waals surface area contributed by atoms with Crippen molar-refractivity contribution in [2.75, 3.05) is 0 Å². The molecule has 0 fully saturated rings. The van der Waals surface area contributed by atoms with Gasteiger partial charge in [-0.25, -0.2) is 0 Å². The van der Waals surface area contributed by atoms with Gasteiger partial charge < -0.3 is 9.88 Å². The van der Waals surface area contributed by atoms with Crippen LogP contribution in [0.4, 0.5) is 0 Å². The van der Waals surface area contributed by atoms with E-state index in [9.17, 15) is 4.79 Å². The molecule has 1 aromatic heterocycles. The molecule has 1 heterocycles. The number of rotatable bonds is 4. The summed E-state index contributed by atoms with van der Waals surface area (Å²) in [7, 11) is 1.82. The number of hydrogen-bond acceptors (Lipinski definition) is 3. The number of nitrogens with zero attached hydrogens (tertiary/aromatic N) is 2. The molecule has 0 bridgehead atoms. The van der Waals surface area contributed by atoms with Crippen LogP contribution in [0, 0.1) is 10.7 Å². The second-order valence-electron chi connectivity index (χ2n) is 5.15. The fourth-order valence-corrected chi connectivity index (χ4v) is 2.26. The number of hydrogen-bond donors (Lipinski definition) is 2. The van der Waals surface area contributed by atoms with Crippen molar-refractivity contribution in [1.29, 1.82) is 0 Å². The zero-order valence-corrected chi connectivity index (χ0v) is 13.6. The first-order valence-electron chi connectivity index (χ1n) is 6.58. The van der Waals surface area contributed by atoms with E-state index < -0.39 is 0 Å². The molecule has 0 aliphatic carbocycles. The van der Waals surface area contributed by atoms with E-state index in [4.69, 9.17) is 23.8 Å². The minimum absolute atomic E-state index is 0.167. The Kier molecular flexibility index (Phi) is 4.80. The maximum absolute atomic E-state index is 12.3. The van der Waals surface area contributed by atoms with Gasteiger partial charge in [-0.05, 0) is 42.4 Å². The van der Waals surface area contributed by atoms with Gasteiger partial charge in [0.1, 0.15) is 0 Å². The number of halogens is 1. The number of nitrogens with one attached hydrogen (secondary N) is 2. The SMILES string of the molecule is CC(C)[C@H](NC(=O)c1ccc(Cl)cc1)c1n[nH]c(=S)n1C. The van der Waals surface area contributed by atoms with E-state index in [1.807, 2.05) is 20.9 Å². The molecule has 2 N–H and O–H groups in total. The third-order valence-corrected chi connectivity index (χ3v) is 3.87. The van der Waals surface area contributed by atoms with E-state index in [2.05, 4.69) is 15.5 Å². The van der Waals surface area contributed by atoms with E-state index in [-0.39, 0.29) is 17.9 Å². The Morgan fingerprint density at radius 1 is 1.38 bits per heavy atom. The van der Waals surface area contributed by atoms with E-state index in [0.717, 1.165) is 0 Å². The van der Waals surface area contributed by atoms with Crippen molar-refractivity contribution < 1.29 is 4.79 Å². The van der Waals surface area contributed by atoms with Crippen molar-refractivity contribution in [3.63, 3.8) is 0 Å². The standard InChI is InChI=1S/C14H17ClN4OS/c1-8(2)11(12-17-18-14(21)19(12)3)16-13(20)9-4-6-10(15)7-5-9/h4-8,11H,1-3H3,(H,16,20)(H,18,21)/t11-/m0/s1. The molecule has 0 radical (unpaired) electrons. The lowest BCUT2D eigenvalue weighted by atomic mass is 10.0. The second kappa shape index (κ2) is 6.41. The first-order valence-corrected chi connectivity index (χ1v) is 7.36. The van der Waals surface area contributed by atoms with Crippen LogP contribution >= 0.6 is 23.8 Å². The summed E-state index contributed by atoms with van der Waals surface area (Å²) in [6.07, 6.45) is 0. The lowest BCUT2D eigenvalue weighted by Gasteiger charge is -2.21. The van der Waals surface area contributed by atoms with E-state index >= 15 is 0 Å². The summed E-state index contributed by atoms with van der Waals surface area (Å²) in [5.74, 6) is 0.710. The number of carbonyl (C=O) groups excluding carboxylic acids is 1. The fraction of sp³-hybridized carbons (Fsp3) is 0.357. The van der Waals surface area contributed by atoms with Gasteiger partial charge in [-0.1, -0.05) is 25.4 Å². The Balaban J connectivity index is 2.24. The lowest BCUT2D eigenvalue weighted by Crippen LogP contribution is -2.33. The van der Waals surface area contributed by atoms with Crippen LogP contribution < -0.4 is 5.32 Å². The summed E-state index contributed by atoms with van der Waals surface area (Å²) in [6, 6.07) is 6.54. The normalized spacial score (nSPS) is 12.4. The summed E-state index contributed by atoms with van der Waals surface area (Å²) in [5, 5.41) is 10.5. The predicted octanol–water partition coefficient (Wildman–Crippen LogP) is 3.26. The number of H-pyrrole nitrogens is 1. The van der Waals surface area contributed by atoms with Crippen LogP contribution in [-0.2, 0) is 7.05 Å². The highest BCUT2D eigenvalue weighted by Crippen LogP contribution is 2.20. The topological polar surface area (TPSA) is 62.7 Å². The van der Waals surface area contributed by atoms with E-state index in [1.165, 1.54) is 0 Å². The number of benzene rings is 1. The summed E-state index contributed by atoms with van der Waals surface area (Å²) < 4.78 is 2.29. The third kappa shape index (κ3) is 3.51. The molecule has 1 aromatic carbocycles. The van der Waals surface area contributed by atoms with Crippen molar-refractivity contribution in [3.05, 3.63) is 45.4 Å². The number of aromatic amines is 1. The smallest absolute Gasteiger partial charge is 0.251 e. The summed E-state index contributed by atoms with van der Waals surface area (Å²) in [6.45, 7) is 4.04. The third-order valence-electron chi connectivity index (χ3n) is 3.25. The Morgan fingerprint density at radius 2 is 2.00 bits per heavy atom. The van der Waals surface area contributed by atoms with Gasteiger partial charge in [-0.15, -0.1) is 0 Å². The molecule has 0 saturated heterocycles. The highest BCUT2D eigenvalue weighted by molar-refractivity contribution is 7.71. The van der Waals surface area contributed by atoms with Crippen LogP contribution in [0.1, 0.15) is 36.1 Å². The number of carbonyl (C=O) groups is 1. The molecule has 0 saturated carbocycles. The summed E-state index contributed by atoms with van der Waals surface area (Å²) >= 11 is 11.0. The molecule has 0 aliphatic rings. The van der Waals surface area contributed by atoms with Crippen LogP contribution in [0.5, 0.6) is 0 Å². The molecule has 2 aromatic rings. The van der Waals surface area contributed by atoms with E-state index in [0.29, 0.717) is 21.2 Å². The molecule has 0 aliphatic heterocycles. The molecule has 5 nitrogen and oxygen atoms in total. The van der Waals surface area contributed by atoms with Crippen molar-refractivity contribution in [2.24, 2.45) is 13.0 Å². The van der Waals surface area contributed by atoms with Crippen molar-refractivity contribution in [3.8, 4) is 0 Å². The first-order chi connectivity index (χ1) is 9.90. The fourth-order valence-electron chi connectivity index (χ4n) is 1.99. The maximum atomic E-state index is 12.3. The van der Waals surface area contributed by atoms with Gasteiger partial charge in [-0.3, -0.25) is 9.89 Å². The molecular formula is C14H17ClN4OS. The zero-order chi connectivity index (χ0) is 15.6. The minimum Gasteiger partial charge on any atom is -0.342 e. The average Bonchev–Trinajstić information content (AvgIpc) is 2.76. The molecular weight excluding hydrogens is 308 g/mol. The summed E-state index contributed by atoms with van der Waals surface area (Å²) in [4.78, 5) is 12.3. The largest absolute Gasteiger partial charge is 0.342 e. The first kappa shape index (κ1) is 15.7. The van der Waals surface area contributed by atoms with Crippen molar-refractivity contribution in [2.45, 2.75) is 19.9 Å². The van der Waals surface area contributed by atoms with Gasteiger partial charge in [-0.2, -0.15) is 5.10 Å². The van der Waals surface area contributed by atoms with Gasteiger partial charge in [0.15, 0.2) is 10.6 Å². The van der Waals surface area contributed by atoms with Gasteiger partial charge >= 0.3 is 0 Å². The van der Waals surface area contributed by atoms with Crippen LogP contribution in [0.25, 0.3) is 0 Å². The van der Waals surface area contributed by atoms with Gasteiger partial charge in [0.05, 0.1) is 6.04 Å². The lowest BCUT2D eigenvalue weighted by molar-refractivity contribution is 0.0922. The molecule has 0 unspecified atom stereocenters. The van der Waals surface area contributed by atoms with Gasteiger partial charge in [0.25, 0.3) is 5.91 Å². The molecule has 7 heteroatoms. The van der Waals surface area contributed by atoms with Gasteiger partial charge in [0, 0.05) is 17.6 Å². The average molecular weight is 325 g/mol. The van der Waals surface area contributed by atoms with Crippen molar-refractivity contribution in [1.82, 2.24) is 20.1 Å². The number of amides is 1. The number of aromatic nitrogens is 3. The Bertz CT molecular complexity index is 690. The van der Waals surface area contributed by atoms with E-state index in [1.54, 1.807) is 28.8 Å². The maximum Gasteiger partial charge on any atom is 0.251 e. The monoisotopic (exact) mass is 324 g/mol. The van der Waals surface area contributed by atoms with Crippen molar-refractivity contribution >= 4 is 29.7 Å². The van der Waals surface area contributed by atoms with Crippen LogP contribution in [0.2, 0.25) is 5.02 Å². The van der Waals surface area contributed by atoms with Crippen LogP contribution in [0.15, 0.2) is 24.3 Å². The van der Waals surface area contributed by atoms with Crippen LogP contribution in [0.3, 0.4) is 0 Å². The predicted molar refractivity (Wildman–Crippen MR) is 84.9 cm³/mol. The zero-order valence-electron chi connectivity index (χ0n) is 12.1. The van der Waals surface area contributed by atoms with Crippen LogP contribution in [-0.4, -0.2) is 20.7 Å². The molecule has 1 atom stereocenters. The van der Waals surface area contributed by atoms with Gasteiger partial charge in [0.2, 0.25) is 0 Å². The quantitative estimate of drug-likeness (QED) is 0.848.